The number of aryl methyl sites for hydroxylation is 1. The van der Waals surface area contributed by atoms with E-state index in [9.17, 15) is 4.79 Å². The Morgan fingerprint density at radius 2 is 1.91 bits per heavy atom. The summed E-state index contributed by atoms with van der Waals surface area (Å²) in [7, 11) is 1.59. The van der Waals surface area contributed by atoms with Crippen LogP contribution in [-0.2, 0) is 9.53 Å². The summed E-state index contributed by atoms with van der Waals surface area (Å²) in [5.41, 5.74) is 3.06. The molecule has 0 bridgehead atoms. The third-order valence-corrected chi connectivity index (χ3v) is 4.02. The van der Waals surface area contributed by atoms with Gasteiger partial charge in [0.2, 0.25) is 5.90 Å². The normalized spacial score (nSPS) is 15.5. The highest BCUT2D eigenvalue weighted by molar-refractivity contribution is 9.10. The number of hydrogen-bond donors (Lipinski definition) is 0. The fraction of sp³-hybridized carbons (Fsp3) is 0.111. The summed E-state index contributed by atoms with van der Waals surface area (Å²) in [6.07, 6.45) is 1.72. The molecule has 116 valence electrons. The van der Waals surface area contributed by atoms with Crippen LogP contribution in [0.25, 0.3) is 6.08 Å². The van der Waals surface area contributed by atoms with Gasteiger partial charge in [-0.3, -0.25) is 0 Å². The van der Waals surface area contributed by atoms with Crippen molar-refractivity contribution in [1.82, 2.24) is 0 Å². The van der Waals surface area contributed by atoms with Crippen molar-refractivity contribution in [3.8, 4) is 5.75 Å². The van der Waals surface area contributed by atoms with E-state index in [1.165, 1.54) is 0 Å². The molecule has 0 aromatic heterocycles. The molecule has 23 heavy (non-hydrogen) atoms. The number of cyclic esters (lactones) is 1. The van der Waals surface area contributed by atoms with Gasteiger partial charge in [0, 0.05) is 5.56 Å². The van der Waals surface area contributed by atoms with Gasteiger partial charge in [-0.2, -0.15) is 0 Å². The summed E-state index contributed by atoms with van der Waals surface area (Å²) >= 11 is 3.41. The van der Waals surface area contributed by atoms with Gasteiger partial charge in [0.05, 0.1) is 11.6 Å². The molecule has 0 amide bonds. The number of halogens is 1. The van der Waals surface area contributed by atoms with Crippen LogP contribution in [0.3, 0.4) is 0 Å². The molecular weight excluding hydrogens is 358 g/mol. The first-order valence-electron chi connectivity index (χ1n) is 7.00. The number of carbonyl (C=O) groups excluding carboxylic acids is 1. The summed E-state index contributed by atoms with van der Waals surface area (Å²) in [6, 6.07) is 13.2. The van der Waals surface area contributed by atoms with E-state index in [1.54, 1.807) is 31.4 Å². The lowest BCUT2D eigenvalue weighted by molar-refractivity contribution is -0.129. The number of nitrogens with zero attached hydrogens (tertiary/aromatic N) is 1. The number of hydrogen-bond acceptors (Lipinski definition) is 4. The van der Waals surface area contributed by atoms with Gasteiger partial charge in [0.1, 0.15) is 5.75 Å². The molecule has 0 saturated carbocycles. The lowest BCUT2D eigenvalue weighted by atomic mass is 10.1. The van der Waals surface area contributed by atoms with Crippen molar-refractivity contribution in [3.63, 3.8) is 0 Å². The number of benzene rings is 2. The lowest BCUT2D eigenvalue weighted by Gasteiger charge is -2.05. The molecule has 0 spiro atoms. The second-order valence-corrected chi connectivity index (χ2v) is 5.95. The smallest absolute Gasteiger partial charge is 0.363 e. The maximum Gasteiger partial charge on any atom is 0.363 e. The van der Waals surface area contributed by atoms with Gasteiger partial charge < -0.3 is 9.47 Å². The maximum atomic E-state index is 12.0. The predicted molar refractivity (Wildman–Crippen MR) is 92.5 cm³/mol. The molecule has 2 aromatic carbocycles. The quantitative estimate of drug-likeness (QED) is 0.602. The van der Waals surface area contributed by atoms with E-state index < -0.39 is 5.97 Å². The minimum atomic E-state index is -0.451. The maximum absolute atomic E-state index is 12.0. The van der Waals surface area contributed by atoms with E-state index >= 15 is 0 Å². The van der Waals surface area contributed by atoms with E-state index in [-0.39, 0.29) is 11.6 Å². The van der Waals surface area contributed by atoms with Crippen molar-refractivity contribution in [2.24, 2.45) is 4.99 Å². The number of methoxy groups -OCH3 is 1. The van der Waals surface area contributed by atoms with Crippen molar-refractivity contribution in [3.05, 3.63) is 69.3 Å². The molecule has 0 aliphatic carbocycles. The molecule has 0 atom stereocenters. The Morgan fingerprint density at radius 1 is 1.17 bits per heavy atom. The van der Waals surface area contributed by atoms with E-state index in [0.717, 1.165) is 15.6 Å². The molecule has 0 N–H and O–H groups in total. The summed E-state index contributed by atoms with van der Waals surface area (Å²) in [5.74, 6) is 0.540. The molecule has 4 nitrogen and oxygen atoms in total. The molecule has 2 aromatic rings. The first-order chi connectivity index (χ1) is 11.1. The molecular formula is C18H14BrNO3. The van der Waals surface area contributed by atoms with E-state index in [0.29, 0.717) is 11.3 Å². The topological polar surface area (TPSA) is 47.9 Å². The zero-order chi connectivity index (χ0) is 16.4. The van der Waals surface area contributed by atoms with E-state index in [2.05, 4.69) is 20.9 Å². The highest BCUT2D eigenvalue weighted by atomic mass is 79.9. The molecule has 1 heterocycles. The van der Waals surface area contributed by atoms with Crippen molar-refractivity contribution >= 4 is 33.9 Å². The Morgan fingerprint density at radius 3 is 2.57 bits per heavy atom. The average Bonchev–Trinajstić information content (AvgIpc) is 2.90. The SMILES string of the molecule is COc1ccc(C2=NC(=Cc3ccc(C)cc3)C(=O)O2)cc1Br. The van der Waals surface area contributed by atoms with Gasteiger partial charge in [-0.15, -0.1) is 0 Å². The standard InChI is InChI=1S/C18H14BrNO3/c1-11-3-5-12(6-4-11)9-15-18(21)23-17(20-15)13-7-8-16(22-2)14(19)10-13/h3-10H,1-2H3. The van der Waals surface area contributed by atoms with Crippen LogP contribution in [0.1, 0.15) is 16.7 Å². The molecule has 1 aliphatic heterocycles. The van der Waals surface area contributed by atoms with Gasteiger partial charge >= 0.3 is 5.97 Å². The number of ether oxygens (including phenoxy) is 2. The van der Waals surface area contributed by atoms with Crippen molar-refractivity contribution < 1.29 is 14.3 Å². The van der Waals surface area contributed by atoms with Crippen LogP contribution in [0.2, 0.25) is 0 Å². The van der Waals surface area contributed by atoms with Crippen LogP contribution in [0, 0.1) is 6.92 Å². The van der Waals surface area contributed by atoms with E-state index in [4.69, 9.17) is 9.47 Å². The van der Waals surface area contributed by atoms with Gasteiger partial charge in [-0.05, 0) is 52.7 Å². The number of aliphatic imine (C=N–C) groups is 1. The van der Waals surface area contributed by atoms with E-state index in [1.807, 2.05) is 31.2 Å². The summed E-state index contributed by atoms with van der Waals surface area (Å²) in [5, 5.41) is 0. The fourth-order valence-corrected chi connectivity index (χ4v) is 2.69. The Bertz CT molecular complexity index is 823. The monoisotopic (exact) mass is 371 g/mol. The molecule has 3 rings (SSSR count). The average molecular weight is 372 g/mol. The van der Waals surface area contributed by atoms with Crippen molar-refractivity contribution in [1.29, 1.82) is 0 Å². The van der Waals surface area contributed by atoms with Crippen LogP contribution >= 0.6 is 15.9 Å². The number of rotatable bonds is 3. The summed E-state index contributed by atoms with van der Waals surface area (Å²) < 4.78 is 11.2. The third kappa shape index (κ3) is 3.35. The summed E-state index contributed by atoms with van der Waals surface area (Å²) in [6.45, 7) is 2.01. The van der Waals surface area contributed by atoms with Gasteiger partial charge in [-0.25, -0.2) is 9.79 Å². The first-order valence-corrected chi connectivity index (χ1v) is 7.79. The van der Waals surface area contributed by atoms with Crippen LogP contribution in [0.5, 0.6) is 5.75 Å². The molecule has 0 saturated heterocycles. The van der Waals surface area contributed by atoms with Gasteiger partial charge in [0.25, 0.3) is 0 Å². The lowest BCUT2D eigenvalue weighted by Crippen LogP contribution is -2.05. The molecule has 5 heteroatoms. The van der Waals surface area contributed by atoms with Gasteiger partial charge in [-0.1, -0.05) is 29.8 Å². The summed E-state index contributed by atoms with van der Waals surface area (Å²) in [4.78, 5) is 16.3. The minimum absolute atomic E-state index is 0.288. The van der Waals surface area contributed by atoms with Crippen LogP contribution in [0.4, 0.5) is 0 Å². The predicted octanol–water partition coefficient (Wildman–Crippen LogP) is 4.11. The van der Waals surface area contributed by atoms with Crippen LogP contribution < -0.4 is 4.74 Å². The second kappa shape index (κ2) is 6.38. The second-order valence-electron chi connectivity index (χ2n) is 5.10. The highest BCUT2D eigenvalue weighted by Gasteiger charge is 2.24. The Balaban J connectivity index is 1.92. The van der Waals surface area contributed by atoms with Crippen LogP contribution in [0.15, 0.2) is 57.6 Å². The van der Waals surface area contributed by atoms with Gasteiger partial charge in [0.15, 0.2) is 5.70 Å². The zero-order valence-corrected chi connectivity index (χ0v) is 14.3. The largest absolute Gasteiger partial charge is 0.496 e. The van der Waals surface area contributed by atoms with Crippen molar-refractivity contribution in [2.45, 2.75) is 6.92 Å². The van der Waals surface area contributed by atoms with Crippen LogP contribution in [-0.4, -0.2) is 19.0 Å². The first kappa shape index (κ1) is 15.5. The third-order valence-electron chi connectivity index (χ3n) is 3.40. The highest BCUT2D eigenvalue weighted by Crippen LogP contribution is 2.27. The number of esters is 1. The molecule has 0 radical (unpaired) electrons. The molecule has 1 aliphatic rings. The Hall–Kier alpha value is -2.40. The molecule has 0 fully saturated rings. The number of carbonyl (C=O) groups is 1. The Labute approximate surface area is 142 Å². The minimum Gasteiger partial charge on any atom is -0.496 e. The van der Waals surface area contributed by atoms with Crippen molar-refractivity contribution in [2.75, 3.05) is 7.11 Å². The molecule has 0 unspecified atom stereocenters. The zero-order valence-electron chi connectivity index (χ0n) is 12.7. The fourth-order valence-electron chi connectivity index (χ4n) is 2.15. The Kier molecular flexibility index (Phi) is 4.30.